The summed E-state index contributed by atoms with van der Waals surface area (Å²) in [5.41, 5.74) is 3.63. The van der Waals surface area contributed by atoms with Gasteiger partial charge in [0.15, 0.2) is 0 Å². The van der Waals surface area contributed by atoms with Gasteiger partial charge in [-0.25, -0.2) is 0 Å². The monoisotopic (exact) mass is 304 g/mol. The maximum atomic E-state index is 10.3. The van der Waals surface area contributed by atoms with Crippen LogP contribution in [0.5, 0.6) is 5.75 Å². The quantitative estimate of drug-likeness (QED) is 0.660. The summed E-state index contributed by atoms with van der Waals surface area (Å²) in [6.07, 6.45) is 9.69. The molecule has 2 fully saturated rings. The third kappa shape index (κ3) is 2.66. The van der Waals surface area contributed by atoms with E-state index in [0.717, 1.165) is 17.8 Å². The number of phenols is 1. The molecule has 0 saturated heterocycles. The fraction of sp³-hybridized carbons (Fsp3) is 0.700. The number of benzene rings is 1. The largest absolute Gasteiger partial charge is 0.508 e. The van der Waals surface area contributed by atoms with E-state index >= 15 is 0 Å². The van der Waals surface area contributed by atoms with Gasteiger partial charge in [-0.05, 0) is 91.9 Å². The van der Waals surface area contributed by atoms with E-state index in [0.29, 0.717) is 11.2 Å². The van der Waals surface area contributed by atoms with Crippen LogP contribution in [-0.4, -0.2) is 11.8 Å². The molecule has 0 aliphatic heterocycles. The van der Waals surface area contributed by atoms with E-state index in [1.165, 1.54) is 57.4 Å². The SMILES string of the molecule is CC12CCCC1C1CCc3cc(O)ccc3C1CC2.CCF. The molecule has 3 aliphatic rings. The van der Waals surface area contributed by atoms with Gasteiger partial charge in [0, 0.05) is 0 Å². The Balaban J connectivity index is 0.000000446. The van der Waals surface area contributed by atoms with E-state index in [9.17, 15) is 9.50 Å². The zero-order valence-electron chi connectivity index (χ0n) is 13.9. The van der Waals surface area contributed by atoms with Crippen molar-refractivity contribution in [2.75, 3.05) is 6.67 Å². The van der Waals surface area contributed by atoms with Crippen molar-refractivity contribution in [3.8, 4) is 5.75 Å². The van der Waals surface area contributed by atoms with Crippen molar-refractivity contribution in [2.24, 2.45) is 17.3 Å². The van der Waals surface area contributed by atoms with Crippen molar-refractivity contribution in [1.82, 2.24) is 0 Å². The Morgan fingerprint density at radius 1 is 1.23 bits per heavy atom. The average molecular weight is 304 g/mol. The first-order valence-corrected chi connectivity index (χ1v) is 8.97. The highest BCUT2D eigenvalue weighted by molar-refractivity contribution is 5.40. The van der Waals surface area contributed by atoms with Crippen molar-refractivity contribution < 1.29 is 9.50 Å². The van der Waals surface area contributed by atoms with Gasteiger partial charge in [-0.15, -0.1) is 0 Å². The smallest absolute Gasteiger partial charge is 0.115 e. The molecule has 0 radical (unpaired) electrons. The number of phenolic OH excluding ortho intramolecular Hbond substituents is 1. The fourth-order valence-corrected chi connectivity index (χ4v) is 5.56. The molecular weight excluding hydrogens is 275 g/mol. The molecule has 4 unspecified atom stereocenters. The molecular formula is C20H29FO. The Morgan fingerprint density at radius 3 is 2.77 bits per heavy atom. The van der Waals surface area contributed by atoms with Gasteiger partial charge < -0.3 is 5.11 Å². The lowest BCUT2D eigenvalue weighted by molar-refractivity contribution is 0.0598. The zero-order valence-corrected chi connectivity index (χ0v) is 13.9. The van der Waals surface area contributed by atoms with Crippen molar-refractivity contribution in [1.29, 1.82) is 0 Å². The third-order valence-electron chi connectivity index (χ3n) is 6.49. The number of hydrogen-bond donors (Lipinski definition) is 1. The Hall–Kier alpha value is -1.05. The first-order valence-electron chi connectivity index (χ1n) is 8.97. The Labute approximate surface area is 133 Å². The third-order valence-corrected chi connectivity index (χ3v) is 6.49. The van der Waals surface area contributed by atoms with Crippen LogP contribution in [0.15, 0.2) is 18.2 Å². The van der Waals surface area contributed by atoms with Crippen LogP contribution in [0.1, 0.15) is 69.4 Å². The second kappa shape index (κ2) is 6.22. The van der Waals surface area contributed by atoms with Crippen LogP contribution in [0.25, 0.3) is 0 Å². The predicted molar refractivity (Wildman–Crippen MR) is 89.0 cm³/mol. The molecule has 2 saturated carbocycles. The molecule has 0 bridgehead atoms. The lowest BCUT2D eigenvalue weighted by Crippen LogP contribution is -2.39. The topological polar surface area (TPSA) is 20.2 Å². The van der Waals surface area contributed by atoms with Crippen molar-refractivity contribution in [3.05, 3.63) is 29.3 Å². The molecule has 4 atom stereocenters. The van der Waals surface area contributed by atoms with Crippen molar-refractivity contribution in [2.45, 2.75) is 64.7 Å². The van der Waals surface area contributed by atoms with Crippen LogP contribution in [-0.2, 0) is 6.42 Å². The Morgan fingerprint density at radius 2 is 2.00 bits per heavy atom. The summed E-state index contributed by atoms with van der Waals surface area (Å²) in [5.74, 6) is 3.10. The van der Waals surface area contributed by atoms with Crippen LogP contribution >= 0.6 is 0 Å². The van der Waals surface area contributed by atoms with E-state index in [4.69, 9.17) is 0 Å². The lowest BCUT2D eigenvalue weighted by Gasteiger charge is -2.49. The molecule has 1 N–H and O–H groups in total. The van der Waals surface area contributed by atoms with Gasteiger partial charge in [0.25, 0.3) is 0 Å². The minimum atomic E-state index is -0.250. The number of fused-ring (bicyclic) bond motifs is 5. The second-order valence-electron chi connectivity index (χ2n) is 7.65. The molecule has 4 rings (SSSR count). The summed E-state index contributed by atoms with van der Waals surface area (Å²) < 4.78 is 10.3. The second-order valence-corrected chi connectivity index (χ2v) is 7.65. The molecule has 0 amide bonds. The van der Waals surface area contributed by atoms with E-state index in [1.54, 1.807) is 5.56 Å². The molecule has 22 heavy (non-hydrogen) atoms. The Bertz CT molecular complexity index is 526. The molecule has 1 nitrogen and oxygen atoms in total. The summed E-state index contributed by atoms with van der Waals surface area (Å²) in [4.78, 5) is 0. The number of alkyl halides is 1. The van der Waals surface area contributed by atoms with Crippen LogP contribution in [0.3, 0.4) is 0 Å². The van der Waals surface area contributed by atoms with Gasteiger partial charge in [-0.1, -0.05) is 19.4 Å². The number of hydrogen-bond acceptors (Lipinski definition) is 1. The maximum absolute atomic E-state index is 10.3. The maximum Gasteiger partial charge on any atom is 0.115 e. The van der Waals surface area contributed by atoms with Gasteiger partial charge in [0.2, 0.25) is 0 Å². The molecule has 0 spiro atoms. The summed E-state index contributed by atoms with van der Waals surface area (Å²) in [7, 11) is 0. The fourth-order valence-electron chi connectivity index (χ4n) is 5.56. The number of aryl methyl sites for hydroxylation is 1. The number of aromatic hydroxyl groups is 1. The highest BCUT2D eigenvalue weighted by atomic mass is 19.1. The first-order chi connectivity index (χ1) is 10.6. The number of rotatable bonds is 0. The molecule has 122 valence electrons. The van der Waals surface area contributed by atoms with Crippen molar-refractivity contribution in [3.63, 3.8) is 0 Å². The predicted octanol–water partition coefficient (Wildman–Crippen LogP) is 5.61. The minimum absolute atomic E-state index is 0.250. The Kier molecular flexibility index (Phi) is 4.47. The zero-order chi connectivity index (χ0) is 15.7. The summed E-state index contributed by atoms with van der Waals surface area (Å²) in [6.45, 7) is 3.76. The van der Waals surface area contributed by atoms with E-state index in [1.807, 2.05) is 12.1 Å². The van der Waals surface area contributed by atoms with Gasteiger partial charge in [-0.2, -0.15) is 0 Å². The first kappa shape index (κ1) is 15.8. The highest BCUT2D eigenvalue weighted by Crippen LogP contribution is 2.60. The van der Waals surface area contributed by atoms with E-state index in [-0.39, 0.29) is 6.67 Å². The lowest BCUT2D eigenvalue weighted by atomic mass is 9.56. The number of halogens is 1. The molecule has 1 aromatic carbocycles. The molecule has 3 aliphatic carbocycles. The van der Waals surface area contributed by atoms with Gasteiger partial charge in [-0.3, -0.25) is 4.39 Å². The minimum Gasteiger partial charge on any atom is -0.508 e. The molecule has 2 heteroatoms. The molecule has 1 aromatic rings. The van der Waals surface area contributed by atoms with E-state index in [2.05, 4.69) is 13.0 Å². The summed E-state index contributed by atoms with van der Waals surface area (Å²) in [5, 5.41) is 9.68. The summed E-state index contributed by atoms with van der Waals surface area (Å²) in [6, 6.07) is 6.11. The molecule has 0 heterocycles. The van der Waals surface area contributed by atoms with Gasteiger partial charge in [0.05, 0.1) is 6.67 Å². The van der Waals surface area contributed by atoms with Crippen LogP contribution in [0.2, 0.25) is 0 Å². The average Bonchev–Trinajstić information content (AvgIpc) is 2.89. The summed E-state index contributed by atoms with van der Waals surface area (Å²) >= 11 is 0. The van der Waals surface area contributed by atoms with Gasteiger partial charge >= 0.3 is 0 Å². The van der Waals surface area contributed by atoms with Crippen molar-refractivity contribution >= 4 is 0 Å². The highest BCUT2D eigenvalue weighted by Gasteiger charge is 2.50. The van der Waals surface area contributed by atoms with E-state index < -0.39 is 0 Å². The van der Waals surface area contributed by atoms with Gasteiger partial charge in [0.1, 0.15) is 5.75 Å². The van der Waals surface area contributed by atoms with Crippen LogP contribution in [0, 0.1) is 17.3 Å². The molecule has 0 aromatic heterocycles. The van der Waals surface area contributed by atoms with Crippen LogP contribution < -0.4 is 0 Å². The standard InChI is InChI=1S/C18H24O.C2H5F/c1-18-9-2-3-17(18)16-6-4-12-11-13(19)5-7-14(12)15(16)8-10-18;1-2-3/h5,7,11,15-17,19H,2-4,6,8-10H2,1H3;2H2,1H3. The normalized spacial score (nSPS) is 35.7. The van der Waals surface area contributed by atoms with Crippen LogP contribution in [0.4, 0.5) is 4.39 Å².